The Morgan fingerprint density at radius 1 is 1.22 bits per heavy atom. The fourth-order valence-electron chi connectivity index (χ4n) is 2.06. The third kappa shape index (κ3) is 4.28. The molecule has 0 atom stereocenters. The third-order valence-electron chi connectivity index (χ3n) is 3.32. The molecule has 1 amide bonds. The van der Waals surface area contributed by atoms with E-state index in [-0.39, 0.29) is 16.9 Å². The number of H-pyrrole nitrogens is 1. The molecule has 0 aliphatic carbocycles. The smallest absolute Gasteiger partial charge is 0.329 e. The number of aryl methyl sites for hydroxylation is 1. The van der Waals surface area contributed by atoms with Crippen molar-refractivity contribution in [1.82, 2.24) is 19.3 Å². The SMILES string of the molecule is Cc1nsc(Nc2cnc(C(F)(F)F)cn2)c1C(=O)Nc1ccc(=O)[nH]c1. The largest absolute Gasteiger partial charge is 0.434 e. The number of aromatic nitrogens is 4. The second-order valence-corrected chi connectivity index (χ2v) is 6.05. The lowest BCUT2D eigenvalue weighted by Gasteiger charge is -2.09. The van der Waals surface area contributed by atoms with Gasteiger partial charge in [-0.1, -0.05) is 0 Å². The van der Waals surface area contributed by atoms with E-state index >= 15 is 0 Å². The van der Waals surface area contributed by atoms with E-state index in [1.165, 1.54) is 18.3 Å². The number of nitrogens with one attached hydrogen (secondary N) is 3. The van der Waals surface area contributed by atoms with E-state index in [1.807, 2.05) is 0 Å². The summed E-state index contributed by atoms with van der Waals surface area (Å²) in [6.45, 7) is 1.61. The molecule has 0 aliphatic heterocycles. The van der Waals surface area contributed by atoms with Crippen molar-refractivity contribution in [2.45, 2.75) is 13.1 Å². The van der Waals surface area contributed by atoms with Crippen LogP contribution < -0.4 is 16.2 Å². The topological polar surface area (TPSA) is 113 Å². The van der Waals surface area contributed by atoms with Gasteiger partial charge >= 0.3 is 6.18 Å². The van der Waals surface area contributed by atoms with Gasteiger partial charge in [0.1, 0.15) is 10.8 Å². The summed E-state index contributed by atoms with van der Waals surface area (Å²) in [4.78, 5) is 33.0. The van der Waals surface area contributed by atoms with Gasteiger partial charge in [-0.2, -0.15) is 17.5 Å². The van der Waals surface area contributed by atoms with Crippen LogP contribution in [0.5, 0.6) is 0 Å². The molecule has 0 aliphatic rings. The Labute approximate surface area is 153 Å². The highest BCUT2D eigenvalue weighted by atomic mass is 32.1. The van der Waals surface area contributed by atoms with Gasteiger partial charge in [0.05, 0.1) is 29.3 Å². The minimum atomic E-state index is -4.59. The molecule has 3 rings (SSSR count). The molecule has 0 aromatic carbocycles. The minimum Gasteiger partial charge on any atom is -0.329 e. The maximum absolute atomic E-state index is 12.5. The normalized spacial score (nSPS) is 11.3. The van der Waals surface area contributed by atoms with Crippen LogP contribution in [-0.2, 0) is 6.18 Å². The highest BCUT2D eigenvalue weighted by Gasteiger charge is 2.32. The molecule has 3 heterocycles. The quantitative estimate of drug-likeness (QED) is 0.625. The Bertz CT molecular complexity index is 1010. The molecule has 3 aromatic heterocycles. The average Bonchev–Trinajstić information content (AvgIpc) is 2.97. The predicted molar refractivity (Wildman–Crippen MR) is 92.2 cm³/mol. The summed E-state index contributed by atoms with van der Waals surface area (Å²) in [5.41, 5.74) is -0.447. The number of amides is 1. The zero-order valence-electron chi connectivity index (χ0n) is 13.6. The van der Waals surface area contributed by atoms with Gasteiger partial charge in [0.2, 0.25) is 5.56 Å². The Kier molecular flexibility index (Phi) is 4.90. The first-order valence-corrected chi connectivity index (χ1v) is 8.14. The van der Waals surface area contributed by atoms with Gasteiger partial charge in [0, 0.05) is 12.3 Å². The van der Waals surface area contributed by atoms with Crippen molar-refractivity contribution >= 4 is 33.9 Å². The van der Waals surface area contributed by atoms with Crippen molar-refractivity contribution in [3.8, 4) is 0 Å². The van der Waals surface area contributed by atoms with Crippen LogP contribution in [0.25, 0.3) is 0 Å². The number of pyridine rings is 1. The molecule has 0 bridgehead atoms. The molecule has 0 radical (unpaired) electrons. The molecule has 0 saturated carbocycles. The van der Waals surface area contributed by atoms with Gasteiger partial charge in [-0.25, -0.2) is 9.97 Å². The highest BCUT2D eigenvalue weighted by Crippen LogP contribution is 2.30. The lowest BCUT2D eigenvalue weighted by atomic mass is 10.2. The second-order valence-electron chi connectivity index (χ2n) is 5.28. The zero-order valence-corrected chi connectivity index (χ0v) is 14.4. The fourth-order valence-corrected chi connectivity index (χ4v) is 2.86. The molecule has 8 nitrogen and oxygen atoms in total. The van der Waals surface area contributed by atoms with E-state index in [4.69, 9.17) is 0 Å². The summed E-state index contributed by atoms with van der Waals surface area (Å²) in [7, 11) is 0. The maximum atomic E-state index is 12.5. The molecule has 0 unspecified atom stereocenters. The van der Waals surface area contributed by atoms with E-state index in [1.54, 1.807) is 6.92 Å². The van der Waals surface area contributed by atoms with Gasteiger partial charge in [-0.05, 0) is 24.5 Å². The highest BCUT2D eigenvalue weighted by molar-refractivity contribution is 7.10. The Morgan fingerprint density at radius 2 is 2.00 bits per heavy atom. The first kappa shape index (κ1) is 18.5. The van der Waals surface area contributed by atoms with E-state index < -0.39 is 17.8 Å². The molecule has 0 spiro atoms. The molecule has 27 heavy (non-hydrogen) atoms. The van der Waals surface area contributed by atoms with Gasteiger partial charge in [0.25, 0.3) is 5.91 Å². The van der Waals surface area contributed by atoms with Crippen molar-refractivity contribution in [2.75, 3.05) is 10.6 Å². The van der Waals surface area contributed by atoms with Crippen LogP contribution in [0.3, 0.4) is 0 Å². The number of halogens is 3. The van der Waals surface area contributed by atoms with Gasteiger partial charge in [-0.3, -0.25) is 9.59 Å². The second kappa shape index (κ2) is 7.15. The molecule has 140 valence electrons. The van der Waals surface area contributed by atoms with E-state index in [0.29, 0.717) is 22.6 Å². The van der Waals surface area contributed by atoms with Crippen LogP contribution in [0.1, 0.15) is 21.7 Å². The Morgan fingerprint density at radius 3 is 2.59 bits per heavy atom. The zero-order chi connectivity index (χ0) is 19.6. The van der Waals surface area contributed by atoms with E-state index in [2.05, 4.69) is 30.0 Å². The monoisotopic (exact) mass is 396 g/mol. The van der Waals surface area contributed by atoms with Crippen molar-refractivity contribution in [2.24, 2.45) is 0 Å². The molecule has 12 heteroatoms. The van der Waals surface area contributed by atoms with Crippen LogP contribution in [-0.4, -0.2) is 25.2 Å². The Hall–Kier alpha value is -3.28. The number of aromatic amines is 1. The number of alkyl halides is 3. The number of hydrogen-bond donors (Lipinski definition) is 3. The summed E-state index contributed by atoms with van der Waals surface area (Å²) in [5.74, 6) is -0.472. The molecular weight excluding hydrogens is 385 g/mol. The average molecular weight is 396 g/mol. The standard InChI is InChI=1S/C15H11F3N6O2S/c1-7-12(13(26)22-8-2-3-11(25)21-4-8)14(27-24-7)23-10-6-19-9(5-20-10)15(16,17)18/h2-6H,1H3,(H,20,23)(H,21,25)(H,22,26). The van der Waals surface area contributed by atoms with Gasteiger partial charge in [-0.15, -0.1) is 0 Å². The Balaban J connectivity index is 1.81. The molecule has 3 N–H and O–H groups in total. The van der Waals surface area contributed by atoms with Crippen molar-refractivity contribution in [1.29, 1.82) is 0 Å². The number of hydrogen-bond acceptors (Lipinski definition) is 7. The number of carbonyl (C=O) groups excluding carboxylic acids is 1. The van der Waals surface area contributed by atoms with Gasteiger partial charge < -0.3 is 15.6 Å². The summed E-state index contributed by atoms with van der Waals surface area (Å²) >= 11 is 0.952. The predicted octanol–water partition coefficient (Wildman–Crippen LogP) is 2.94. The fraction of sp³-hybridized carbons (Fsp3) is 0.133. The summed E-state index contributed by atoms with van der Waals surface area (Å²) in [6, 6.07) is 2.69. The molecule has 3 aromatic rings. The maximum Gasteiger partial charge on any atom is 0.434 e. The summed E-state index contributed by atoms with van der Waals surface area (Å²) in [6.07, 6.45) is -1.74. The van der Waals surface area contributed by atoms with E-state index in [0.717, 1.165) is 17.7 Å². The van der Waals surface area contributed by atoms with Crippen molar-refractivity contribution < 1.29 is 18.0 Å². The molecular formula is C15H11F3N6O2S. The number of nitrogens with zero attached hydrogens (tertiary/aromatic N) is 3. The minimum absolute atomic E-state index is 0.0322. The summed E-state index contributed by atoms with van der Waals surface area (Å²) < 4.78 is 41.7. The van der Waals surface area contributed by atoms with Crippen molar-refractivity contribution in [3.63, 3.8) is 0 Å². The molecule has 0 fully saturated rings. The first-order valence-electron chi connectivity index (χ1n) is 7.36. The van der Waals surface area contributed by atoms with Crippen LogP contribution in [0, 0.1) is 6.92 Å². The van der Waals surface area contributed by atoms with E-state index in [9.17, 15) is 22.8 Å². The summed E-state index contributed by atoms with van der Waals surface area (Å²) in [5, 5.41) is 5.64. The molecule has 0 saturated heterocycles. The third-order valence-corrected chi connectivity index (χ3v) is 4.17. The lowest BCUT2D eigenvalue weighted by molar-refractivity contribution is -0.141. The van der Waals surface area contributed by atoms with Crippen LogP contribution >= 0.6 is 11.5 Å². The van der Waals surface area contributed by atoms with Gasteiger partial charge in [0.15, 0.2) is 5.69 Å². The lowest BCUT2D eigenvalue weighted by Crippen LogP contribution is -2.15. The van der Waals surface area contributed by atoms with Crippen LogP contribution in [0.15, 0.2) is 35.5 Å². The van der Waals surface area contributed by atoms with Crippen LogP contribution in [0.2, 0.25) is 0 Å². The number of rotatable bonds is 4. The van der Waals surface area contributed by atoms with Crippen LogP contribution in [0.4, 0.5) is 29.7 Å². The number of carbonyl (C=O) groups is 1. The number of anilines is 3. The first-order chi connectivity index (χ1) is 12.7. The van der Waals surface area contributed by atoms with Crippen molar-refractivity contribution in [3.05, 3.63) is 58.0 Å².